The lowest BCUT2D eigenvalue weighted by Gasteiger charge is -1.99. The van der Waals surface area contributed by atoms with Crippen LogP contribution in [0.3, 0.4) is 0 Å². The van der Waals surface area contributed by atoms with Crippen LogP contribution >= 0.6 is 0 Å². The third-order valence-electron chi connectivity index (χ3n) is 1.82. The SMILES string of the molecule is Cc1ccc(CCCOO)cc1. The van der Waals surface area contributed by atoms with Gasteiger partial charge in [-0.15, -0.1) is 0 Å². The first-order valence-electron chi connectivity index (χ1n) is 4.15. The molecule has 2 heteroatoms. The van der Waals surface area contributed by atoms with Gasteiger partial charge in [-0.2, -0.15) is 0 Å². The second-order valence-electron chi connectivity index (χ2n) is 2.92. The summed E-state index contributed by atoms with van der Waals surface area (Å²) in [6, 6.07) is 8.39. The molecule has 0 aliphatic rings. The number of aryl methyl sites for hydroxylation is 2. The molecule has 1 N–H and O–H groups in total. The molecule has 0 fully saturated rings. The summed E-state index contributed by atoms with van der Waals surface area (Å²) in [6.07, 6.45) is 1.82. The van der Waals surface area contributed by atoms with Gasteiger partial charge in [-0.1, -0.05) is 29.8 Å². The van der Waals surface area contributed by atoms with Crippen molar-refractivity contribution in [1.29, 1.82) is 0 Å². The third kappa shape index (κ3) is 3.03. The van der Waals surface area contributed by atoms with E-state index in [1.165, 1.54) is 11.1 Å². The fourth-order valence-electron chi connectivity index (χ4n) is 1.10. The highest BCUT2D eigenvalue weighted by Crippen LogP contribution is 2.05. The summed E-state index contributed by atoms with van der Waals surface area (Å²) in [5.74, 6) is 0. The largest absolute Gasteiger partial charge is 0.252 e. The Morgan fingerprint density at radius 3 is 2.50 bits per heavy atom. The molecule has 0 saturated carbocycles. The van der Waals surface area contributed by atoms with E-state index in [1.807, 2.05) is 0 Å². The standard InChI is InChI=1S/C10H14O2/c1-9-4-6-10(7-5-9)3-2-8-12-11/h4-7,11H,2-3,8H2,1H3. The van der Waals surface area contributed by atoms with Crippen LogP contribution in [0.25, 0.3) is 0 Å². The monoisotopic (exact) mass is 166 g/mol. The van der Waals surface area contributed by atoms with Crippen molar-refractivity contribution in [2.24, 2.45) is 0 Å². The van der Waals surface area contributed by atoms with Crippen LogP contribution in [-0.2, 0) is 11.3 Å². The molecule has 0 saturated heterocycles. The van der Waals surface area contributed by atoms with Gasteiger partial charge in [-0.3, -0.25) is 5.26 Å². The van der Waals surface area contributed by atoms with Crippen LogP contribution in [0.1, 0.15) is 17.5 Å². The van der Waals surface area contributed by atoms with E-state index in [9.17, 15) is 0 Å². The van der Waals surface area contributed by atoms with Gasteiger partial charge in [0.15, 0.2) is 0 Å². The van der Waals surface area contributed by atoms with Crippen LogP contribution in [0.4, 0.5) is 0 Å². The van der Waals surface area contributed by atoms with Crippen LogP contribution in [-0.4, -0.2) is 11.9 Å². The molecule has 0 bridgehead atoms. The molecule has 0 spiro atoms. The first kappa shape index (κ1) is 9.23. The second-order valence-corrected chi connectivity index (χ2v) is 2.92. The van der Waals surface area contributed by atoms with E-state index in [4.69, 9.17) is 5.26 Å². The second kappa shape index (κ2) is 4.91. The topological polar surface area (TPSA) is 29.5 Å². The van der Waals surface area contributed by atoms with Crippen LogP contribution < -0.4 is 0 Å². The molecule has 0 radical (unpaired) electrons. The van der Waals surface area contributed by atoms with Crippen molar-refractivity contribution >= 4 is 0 Å². The number of hydrogen-bond acceptors (Lipinski definition) is 2. The molecule has 12 heavy (non-hydrogen) atoms. The van der Waals surface area contributed by atoms with Gasteiger partial charge in [0.2, 0.25) is 0 Å². The molecule has 2 nitrogen and oxygen atoms in total. The molecule has 1 rings (SSSR count). The van der Waals surface area contributed by atoms with Gasteiger partial charge < -0.3 is 0 Å². The van der Waals surface area contributed by atoms with Gasteiger partial charge in [0.1, 0.15) is 0 Å². The summed E-state index contributed by atoms with van der Waals surface area (Å²) in [6.45, 7) is 2.48. The molecular weight excluding hydrogens is 152 g/mol. The quantitative estimate of drug-likeness (QED) is 0.423. The van der Waals surface area contributed by atoms with Gasteiger partial charge in [0, 0.05) is 0 Å². The van der Waals surface area contributed by atoms with Crippen LogP contribution in [0.5, 0.6) is 0 Å². The van der Waals surface area contributed by atoms with Crippen LogP contribution in [0.15, 0.2) is 24.3 Å². The van der Waals surface area contributed by atoms with E-state index in [2.05, 4.69) is 36.1 Å². The summed E-state index contributed by atoms with van der Waals surface area (Å²) in [5, 5.41) is 8.09. The van der Waals surface area contributed by atoms with E-state index in [0.717, 1.165) is 12.8 Å². The maximum absolute atomic E-state index is 8.09. The Labute approximate surface area is 72.7 Å². The summed E-state index contributed by atoms with van der Waals surface area (Å²) < 4.78 is 0. The minimum absolute atomic E-state index is 0.411. The number of hydrogen-bond donors (Lipinski definition) is 1. The molecule has 1 aromatic carbocycles. The van der Waals surface area contributed by atoms with Gasteiger partial charge >= 0.3 is 0 Å². The molecule has 0 heterocycles. The molecule has 0 unspecified atom stereocenters. The highest BCUT2D eigenvalue weighted by molar-refractivity contribution is 5.21. The summed E-state index contributed by atoms with van der Waals surface area (Å²) >= 11 is 0. The van der Waals surface area contributed by atoms with Gasteiger partial charge in [0.05, 0.1) is 6.61 Å². The Hall–Kier alpha value is -0.860. The number of rotatable bonds is 4. The van der Waals surface area contributed by atoms with Gasteiger partial charge in [-0.05, 0) is 25.3 Å². The molecule has 1 aromatic rings. The fourth-order valence-corrected chi connectivity index (χ4v) is 1.10. The first-order valence-corrected chi connectivity index (χ1v) is 4.15. The predicted octanol–water partition coefficient (Wildman–Crippen LogP) is 2.42. The number of benzene rings is 1. The molecular formula is C10H14O2. The van der Waals surface area contributed by atoms with E-state index in [0.29, 0.717) is 6.61 Å². The zero-order valence-corrected chi connectivity index (χ0v) is 7.29. The predicted molar refractivity (Wildman–Crippen MR) is 48.1 cm³/mol. The minimum atomic E-state index is 0.411. The lowest BCUT2D eigenvalue weighted by molar-refractivity contribution is -0.242. The highest BCUT2D eigenvalue weighted by atomic mass is 17.1. The van der Waals surface area contributed by atoms with Crippen molar-refractivity contribution in [3.8, 4) is 0 Å². The van der Waals surface area contributed by atoms with E-state index >= 15 is 0 Å². The highest BCUT2D eigenvalue weighted by Gasteiger charge is 1.92. The summed E-state index contributed by atoms with van der Waals surface area (Å²) in [4.78, 5) is 3.99. The Morgan fingerprint density at radius 1 is 1.25 bits per heavy atom. The smallest absolute Gasteiger partial charge is 0.0822 e. The lowest BCUT2D eigenvalue weighted by atomic mass is 10.1. The Morgan fingerprint density at radius 2 is 1.92 bits per heavy atom. The fraction of sp³-hybridized carbons (Fsp3) is 0.400. The summed E-state index contributed by atoms with van der Waals surface area (Å²) in [5.41, 5.74) is 2.56. The zero-order chi connectivity index (χ0) is 8.81. The van der Waals surface area contributed by atoms with Crippen LogP contribution in [0.2, 0.25) is 0 Å². The zero-order valence-electron chi connectivity index (χ0n) is 7.29. The van der Waals surface area contributed by atoms with Crippen molar-refractivity contribution < 1.29 is 10.1 Å². The lowest BCUT2D eigenvalue weighted by Crippen LogP contribution is -1.92. The Kier molecular flexibility index (Phi) is 3.77. The molecule has 66 valence electrons. The Bertz CT molecular complexity index is 216. The van der Waals surface area contributed by atoms with Crippen molar-refractivity contribution in [3.63, 3.8) is 0 Å². The average Bonchev–Trinajstić information content (AvgIpc) is 2.09. The van der Waals surface area contributed by atoms with Gasteiger partial charge in [-0.25, -0.2) is 4.89 Å². The van der Waals surface area contributed by atoms with Gasteiger partial charge in [0.25, 0.3) is 0 Å². The maximum atomic E-state index is 8.09. The van der Waals surface area contributed by atoms with Crippen molar-refractivity contribution in [1.82, 2.24) is 0 Å². The van der Waals surface area contributed by atoms with E-state index in [-0.39, 0.29) is 0 Å². The van der Waals surface area contributed by atoms with Crippen molar-refractivity contribution in [2.75, 3.05) is 6.61 Å². The third-order valence-corrected chi connectivity index (χ3v) is 1.82. The first-order chi connectivity index (χ1) is 5.83. The van der Waals surface area contributed by atoms with Crippen molar-refractivity contribution in [2.45, 2.75) is 19.8 Å². The molecule has 0 amide bonds. The molecule has 0 atom stereocenters. The summed E-state index contributed by atoms with van der Waals surface area (Å²) in [7, 11) is 0. The minimum Gasteiger partial charge on any atom is -0.252 e. The molecule has 0 aromatic heterocycles. The van der Waals surface area contributed by atoms with E-state index < -0.39 is 0 Å². The van der Waals surface area contributed by atoms with E-state index in [1.54, 1.807) is 0 Å². The average molecular weight is 166 g/mol. The molecule has 0 aliphatic heterocycles. The van der Waals surface area contributed by atoms with Crippen molar-refractivity contribution in [3.05, 3.63) is 35.4 Å². The molecule has 0 aliphatic carbocycles. The van der Waals surface area contributed by atoms with Crippen LogP contribution in [0, 0.1) is 6.92 Å². The maximum Gasteiger partial charge on any atom is 0.0822 e. The Balaban J connectivity index is 2.37. The normalized spacial score (nSPS) is 10.2.